The highest BCUT2D eigenvalue weighted by atomic mass is 35.5. The van der Waals surface area contributed by atoms with Crippen molar-refractivity contribution in [3.8, 4) is 5.69 Å². The SMILES string of the molecule is CC(O)CNc1nc(Nc2cccc(Cl)c2)c2cnn(-c3ccccc3)c2n1. The van der Waals surface area contributed by atoms with Crippen molar-refractivity contribution < 1.29 is 5.11 Å². The number of nitrogens with zero attached hydrogens (tertiary/aromatic N) is 4. The lowest BCUT2D eigenvalue weighted by Gasteiger charge is -2.12. The zero-order valence-corrected chi connectivity index (χ0v) is 15.9. The zero-order valence-electron chi connectivity index (χ0n) is 15.2. The predicted octanol–water partition coefficient (Wildman–Crippen LogP) is 4.01. The van der Waals surface area contributed by atoms with Crippen molar-refractivity contribution in [2.75, 3.05) is 17.2 Å². The normalized spacial score (nSPS) is 12.1. The highest BCUT2D eigenvalue weighted by Gasteiger charge is 2.15. The summed E-state index contributed by atoms with van der Waals surface area (Å²) in [5.41, 5.74) is 2.35. The van der Waals surface area contributed by atoms with E-state index in [1.54, 1.807) is 17.8 Å². The van der Waals surface area contributed by atoms with Crippen molar-refractivity contribution in [1.29, 1.82) is 0 Å². The molecule has 0 saturated carbocycles. The summed E-state index contributed by atoms with van der Waals surface area (Å²) in [5, 5.41) is 21.8. The lowest BCUT2D eigenvalue weighted by Crippen LogP contribution is -2.17. The van der Waals surface area contributed by atoms with Crippen LogP contribution in [0.25, 0.3) is 16.7 Å². The third-order valence-corrected chi connectivity index (χ3v) is 4.31. The molecule has 0 spiro atoms. The maximum absolute atomic E-state index is 9.59. The Morgan fingerprint density at radius 1 is 1.11 bits per heavy atom. The van der Waals surface area contributed by atoms with E-state index in [0.717, 1.165) is 16.8 Å². The Kier molecular flexibility index (Phi) is 5.10. The van der Waals surface area contributed by atoms with Crippen LogP contribution in [0.2, 0.25) is 5.02 Å². The Balaban J connectivity index is 1.81. The molecule has 4 rings (SSSR count). The average Bonchev–Trinajstić information content (AvgIpc) is 3.11. The Hall–Kier alpha value is -3.16. The van der Waals surface area contributed by atoms with Crippen LogP contribution >= 0.6 is 11.6 Å². The first-order valence-electron chi connectivity index (χ1n) is 8.86. The molecule has 4 aromatic rings. The van der Waals surface area contributed by atoms with Crippen LogP contribution in [0.15, 0.2) is 60.8 Å². The van der Waals surface area contributed by atoms with Gasteiger partial charge in [-0.25, -0.2) is 4.68 Å². The third kappa shape index (κ3) is 3.90. The van der Waals surface area contributed by atoms with Crippen LogP contribution < -0.4 is 10.6 Å². The van der Waals surface area contributed by atoms with E-state index < -0.39 is 6.10 Å². The maximum Gasteiger partial charge on any atom is 0.226 e. The van der Waals surface area contributed by atoms with Crippen LogP contribution in [0, 0.1) is 0 Å². The van der Waals surface area contributed by atoms with Gasteiger partial charge in [0.05, 0.1) is 23.4 Å². The van der Waals surface area contributed by atoms with Gasteiger partial charge in [0.2, 0.25) is 5.95 Å². The van der Waals surface area contributed by atoms with Crippen LogP contribution in [0.3, 0.4) is 0 Å². The van der Waals surface area contributed by atoms with Gasteiger partial charge in [-0.15, -0.1) is 0 Å². The van der Waals surface area contributed by atoms with Crippen molar-refractivity contribution in [2.24, 2.45) is 0 Å². The molecular weight excluding hydrogens is 376 g/mol. The minimum Gasteiger partial charge on any atom is -0.392 e. The van der Waals surface area contributed by atoms with E-state index in [4.69, 9.17) is 11.6 Å². The van der Waals surface area contributed by atoms with E-state index >= 15 is 0 Å². The Bertz CT molecular complexity index is 1100. The van der Waals surface area contributed by atoms with Gasteiger partial charge in [0.25, 0.3) is 0 Å². The number of nitrogens with one attached hydrogen (secondary N) is 2. The van der Waals surface area contributed by atoms with Crippen LogP contribution in [-0.2, 0) is 0 Å². The summed E-state index contributed by atoms with van der Waals surface area (Å²) >= 11 is 6.10. The second-order valence-electron chi connectivity index (χ2n) is 6.39. The molecule has 0 aliphatic carbocycles. The first kappa shape index (κ1) is 18.2. The predicted molar refractivity (Wildman–Crippen MR) is 112 cm³/mol. The average molecular weight is 395 g/mol. The van der Waals surface area contributed by atoms with Gasteiger partial charge in [-0.3, -0.25) is 0 Å². The molecule has 8 heteroatoms. The molecule has 0 amide bonds. The van der Waals surface area contributed by atoms with Crippen LogP contribution in [-0.4, -0.2) is 37.5 Å². The lowest BCUT2D eigenvalue weighted by atomic mass is 10.3. The van der Waals surface area contributed by atoms with E-state index in [-0.39, 0.29) is 0 Å². The number of aliphatic hydroxyl groups is 1. The van der Waals surface area contributed by atoms with Crippen molar-refractivity contribution in [3.05, 3.63) is 65.8 Å². The van der Waals surface area contributed by atoms with E-state index in [2.05, 4.69) is 25.7 Å². The number of benzene rings is 2. The molecule has 0 aliphatic heterocycles. The summed E-state index contributed by atoms with van der Waals surface area (Å²) in [4.78, 5) is 9.17. The quantitative estimate of drug-likeness (QED) is 0.458. The fourth-order valence-electron chi connectivity index (χ4n) is 2.78. The fraction of sp³-hybridized carbons (Fsp3) is 0.150. The van der Waals surface area contributed by atoms with Gasteiger partial charge in [-0.2, -0.15) is 15.1 Å². The van der Waals surface area contributed by atoms with Gasteiger partial charge in [0.1, 0.15) is 5.82 Å². The van der Waals surface area contributed by atoms with E-state index in [1.807, 2.05) is 54.6 Å². The zero-order chi connectivity index (χ0) is 19.5. The van der Waals surface area contributed by atoms with Crippen molar-refractivity contribution in [1.82, 2.24) is 19.7 Å². The summed E-state index contributed by atoms with van der Waals surface area (Å²) < 4.78 is 1.76. The maximum atomic E-state index is 9.59. The number of halogens is 1. The number of hydrogen-bond acceptors (Lipinski definition) is 6. The third-order valence-electron chi connectivity index (χ3n) is 4.07. The number of para-hydroxylation sites is 1. The fourth-order valence-corrected chi connectivity index (χ4v) is 2.97. The molecule has 1 atom stereocenters. The molecule has 7 nitrogen and oxygen atoms in total. The molecule has 0 saturated heterocycles. The number of fused-ring (bicyclic) bond motifs is 1. The summed E-state index contributed by atoms with van der Waals surface area (Å²) in [7, 11) is 0. The van der Waals surface area contributed by atoms with Crippen LogP contribution in [0.1, 0.15) is 6.92 Å². The van der Waals surface area contributed by atoms with Gasteiger partial charge in [0.15, 0.2) is 5.65 Å². The van der Waals surface area contributed by atoms with Crippen molar-refractivity contribution in [3.63, 3.8) is 0 Å². The minimum atomic E-state index is -0.525. The molecule has 0 fully saturated rings. The Morgan fingerprint density at radius 3 is 2.68 bits per heavy atom. The molecule has 1 unspecified atom stereocenters. The van der Waals surface area contributed by atoms with Crippen molar-refractivity contribution in [2.45, 2.75) is 13.0 Å². The van der Waals surface area contributed by atoms with Gasteiger partial charge in [-0.05, 0) is 37.3 Å². The minimum absolute atomic E-state index is 0.335. The number of rotatable bonds is 6. The summed E-state index contributed by atoms with van der Waals surface area (Å²) in [6.45, 7) is 2.03. The summed E-state index contributed by atoms with van der Waals surface area (Å²) in [6.07, 6.45) is 1.20. The second-order valence-corrected chi connectivity index (χ2v) is 6.83. The summed E-state index contributed by atoms with van der Waals surface area (Å²) in [6, 6.07) is 17.2. The Labute approximate surface area is 167 Å². The van der Waals surface area contributed by atoms with E-state index in [0.29, 0.717) is 29.0 Å². The first-order chi connectivity index (χ1) is 13.6. The molecule has 28 heavy (non-hydrogen) atoms. The molecule has 0 bridgehead atoms. The van der Waals surface area contributed by atoms with Gasteiger partial charge < -0.3 is 15.7 Å². The molecular formula is C20H19ClN6O. The second kappa shape index (κ2) is 7.84. The summed E-state index contributed by atoms with van der Waals surface area (Å²) in [5.74, 6) is 0.998. The van der Waals surface area contributed by atoms with Crippen LogP contribution in [0.5, 0.6) is 0 Å². The molecule has 0 radical (unpaired) electrons. The highest BCUT2D eigenvalue weighted by Crippen LogP contribution is 2.27. The van der Waals surface area contributed by atoms with E-state index in [1.165, 1.54) is 0 Å². The van der Waals surface area contributed by atoms with E-state index in [9.17, 15) is 5.11 Å². The monoisotopic (exact) mass is 394 g/mol. The molecule has 2 aromatic heterocycles. The van der Waals surface area contributed by atoms with Crippen LogP contribution in [0.4, 0.5) is 17.5 Å². The molecule has 2 aromatic carbocycles. The largest absolute Gasteiger partial charge is 0.392 e. The molecule has 142 valence electrons. The Morgan fingerprint density at radius 2 is 1.93 bits per heavy atom. The molecule has 0 aliphatic rings. The van der Waals surface area contributed by atoms with Gasteiger partial charge in [0, 0.05) is 17.3 Å². The molecule has 2 heterocycles. The number of aliphatic hydroxyl groups excluding tert-OH is 1. The van der Waals surface area contributed by atoms with Gasteiger partial charge >= 0.3 is 0 Å². The number of aromatic nitrogens is 4. The van der Waals surface area contributed by atoms with Crippen molar-refractivity contribution >= 4 is 40.1 Å². The first-order valence-corrected chi connectivity index (χ1v) is 9.23. The smallest absolute Gasteiger partial charge is 0.226 e. The number of anilines is 3. The highest BCUT2D eigenvalue weighted by molar-refractivity contribution is 6.30. The molecule has 3 N–H and O–H groups in total. The standard InChI is InChI=1S/C20H19ClN6O/c1-13(28)11-22-20-25-18(24-15-7-5-6-14(21)10-15)17-12-23-27(19(17)26-20)16-8-3-2-4-9-16/h2-10,12-13,28H,11H2,1H3,(H2,22,24,25,26). The topological polar surface area (TPSA) is 87.9 Å². The van der Waals surface area contributed by atoms with Gasteiger partial charge in [-0.1, -0.05) is 35.9 Å². The lowest BCUT2D eigenvalue weighted by molar-refractivity contribution is 0.208. The number of hydrogen-bond donors (Lipinski definition) is 3.